The van der Waals surface area contributed by atoms with E-state index in [9.17, 15) is 14.9 Å². The van der Waals surface area contributed by atoms with Gasteiger partial charge in [-0.15, -0.1) is 0 Å². The molecule has 1 N–H and O–H groups in total. The number of rotatable bonds is 5. The topological polar surface area (TPSA) is 123 Å². The van der Waals surface area contributed by atoms with Crippen LogP contribution in [0, 0.1) is 18.3 Å². The van der Waals surface area contributed by atoms with Crippen LogP contribution in [0.2, 0.25) is 5.02 Å². The molecule has 11 nitrogen and oxygen atoms in total. The van der Waals surface area contributed by atoms with Gasteiger partial charge < -0.3 is 19.4 Å². The van der Waals surface area contributed by atoms with E-state index in [0.29, 0.717) is 70.1 Å². The molecule has 0 aliphatic carbocycles. The number of pyridine rings is 1. The minimum Gasteiger partial charge on any atom is -0.488 e. The molecule has 12 heteroatoms. The standard InChI is InChI=1S/C32H33ClN8O3/c1-4-25(42)39-11-12-40(19(3)15-39)29-21-13-23(33)27(26-18(2)7-8-24-28(26)36-37-35-24)31-30(21)41(32(43)22(29)14-34)20(17-44-31)16-38-9-5-6-10-38/h4,7-8,13,19-20H,1,5-6,9-12,15-17H2,2-3H3,(H,35,36,37)/t19-,20?/m0/s1. The Labute approximate surface area is 259 Å². The van der Waals surface area contributed by atoms with Gasteiger partial charge in [-0.1, -0.05) is 24.2 Å². The molecule has 1 amide bonds. The van der Waals surface area contributed by atoms with Crippen LogP contribution in [0.1, 0.15) is 36.9 Å². The maximum absolute atomic E-state index is 14.5. The van der Waals surface area contributed by atoms with Gasteiger partial charge >= 0.3 is 0 Å². The minimum atomic E-state index is -0.342. The molecule has 0 bridgehead atoms. The van der Waals surface area contributed by atoms with E-state index in [1.807, 2.05) is 32.0 Å². The van der Waals surface area contributed by atoms with Crippen LogP contribution in [0.15, 0.2) is 35.6 Å². The zero-order chi connectivity index (χ0) is 30.7. The van der Waals surface area contributed by atoms with Gasteiger partial charge in [-0.05, 0) is 63.6 Å². The molecule has 3 aliphatic rings. The summed E-state index contributed by atoms with van der Waals surface area (Å²) in [5.41, 5.74) is 4.59. The zero-order valence-electron chi connectivity index (χ0n) is 24.8. The van der Waals surface area contributed by atoms with Gasteiger partial charge in [0.15, 0.2) is 5.75 Å². The molecule has 2 atom stereocenters. The number of amides is 1. The second-order valence-corrected chi connectivity index (χ2v) is 12.3. The molecule has 2 fully saturated rings. The van der Waals surface area contributed by atoms with Crippen LogP contribution in [0.5, 0.6) is 5.75 Å². The van der Waals surface area contributed by atoms with Gasteiger partial charge in [-0.3, -0.25) is 14.2 Å². The van der Waals surface area contributed by atoms with Crippen LogP contribution in [0.25, 0.3) is 33.1 Å². The van der Waals surface area contributed by atoms with Crippen molar-refractivity contribution in [2.45, 2.75) is 38.8 Å². The van der Waals surface area contributed by atoms with E-state index in [1.54, 1.807) is 9.47 Å². The molecule has 0 saturated carbocycles. The number of aryl methyl sites for hydroxylation is 1. The Morgan fingerprint density at radius 3 is 2.75 bits per heavy atom. The Hall–Kier alpha value is -4.40. The number of aromatic nitrogens is 4. The maximum atomic E-state index is 14.5. The lowest BCUT2D eigenvalue weighted by Crippen LogP contribution is -2.54. The number of benzene rings is 2. The van der Waals surface area contributed by atoms with Crippen LogP contribution in [0.4, 0.5) is 5.69 Å². The van der Waals surface area contributed by atoms with Gasteiger partial charge in [-0.2, -0.15) is 20.7 Å². The number of ether oxygens (including phenoxy) is 1. The molecule has 1 unspecified atom stereocenters. The van der Waals surface area contributed by atoms with E-state index in [1.165, 1.54) is 6.08 Å². The summed E-state index contributed by atoms with van der Waals surface area (Å²) < 4.78 is 8.40. The number of carbonyl (C=O) groups is 1. The Kier molecular flexibility index (Phi) is 7.06. The fraction of sp³-hybridized carbons (Fsp3) is 0.406. The van der Waals surface area contributed by atoms with E-state index >= 15 is 0 Å². The highest BCUT2D eigenvalue weighted by atomic mass is 35.5. The first-order chi connectivity index (χ1) is 21.3. The summed E-state index contributed by atoms with van der Waals surface area (Å²) in [7, 11) is 0. The number of hydrogen-bond donors (Lipinski definition) is 1. The second-order valence-electron chi connectivity index (χ2n) is 11.9. The lowest BCUT2D eigenvalue weighted by atomic mass is 9.93. The van der Waals surface area contributed by atoms with Crippen LogP contribution >= 0.6 is 11.6 Å². The largest absolute Gasteiger partial charge is 0.488 e. The highest BCUT2D eigenvalue weighted by Crippen LogP contribution is 2.49. The zero-order valence-corrected chi connectivity index (χ0v) is 25.5. The number of H-pyrrole nitrogens is 1. The summed E-state index contributed by atoms with van der Waals surface area (Å²) in [5, 5.41) is 23.0. The lowest BCUT2D eigenvalue weighted by Gasteiger charge is -2.42. The summed E-state index contributed by atoms with van der Waals surface area (Å²) in [6, 6.07) is 7.53. The molecule has 4 aromatic rings. The van der Waals surface area contributed by atoms with Crippen molar-refractivity contribution in [2.24, 2.45) is 0 Å². The van der Waals surface area contributed by atoms with Crippen molar-refractivity contribution in [3.8, 4) is 22.9 Å². The molecule has 2 aromatic heterocycles. The molecular formula is C32H33ClN8O3. The number of likely N-dealkylation sites (tertiary alicyclic amines) is 1. The fourth-order valence-corrected chi connectivity index (χ4v) is 7.50. The number of hydrogen-bond acceptors (Lipinski definition) is 8. The van der Waals surface area contributed by atoms with Crippen LogP contribution in [-0.4, -0.2) is 87.6 Å². The van der Waals surface area contributed by atoms with Crippen molar-refractivity contribution in [3.63, 3.8) is 0 Å². The van der Waals surface area contributed by atoms with Gasteiger partial charge in [-0.25, -0.2) is 0 Å². The number of carbonyl (C=O) groups excluding carboxylic acids is 1. The number of piperazine rings is 1. The highest BCUT2D eigenvalue weighted by Gasteiger charge is 2.37. The Morgan fingerprint density at radius 2 is 2.02 bits per heavy atom. The summed E-state index contributed by atoms with van der Waals surface area (Å²) in [4.78, 5) is 33.0. The Balaban J connectivity index is 1.51. The fourth-order valence-electron chi connectivity index (χ4n) is 7.21. The Morgan fingerprint density at radius 1 is 1.23 bits per heavy atom. The summed E-state index contributed by atoms with van der Waals surface area (Å²) in [6.07, 6.45) is 3.56. The molecule has 3 aliphatic heterocycles. The molecule has 0 spiro atoms. The third-order valence-corrected chi connectivity index (χ3v) is 9.58. The van der Waals surface area contributed by atoms with Gasteiger partial charge in [0.05, 0.1) is 22.3 Å². The summed E-state index contributed by atoms with van der Waals surface area (Å²) in [6.45, 7) is 11.8. The van der Waals surface area contributed by atoms with Crippen molar-refractivity contribution in [1.29, 1.82) is 5.26 Å². The first-order valence-electron chi connectivity index (χ1n) is 15.0. The molecule has 5 heterocycles. The van der Waals surface area contributed by atoms with Gasteiger partial charge in [0.25, 0.3) is 5.56 Å². The molecule has 0 radical (unpaired) electrons. The summed E-state index contributed by atoms with van der Waals surface area (Å²) in [5.74, 6) is 0.358. The number of nitrogens with one attached hydrogen (secondary N) is 1. The smallest absolute Gasteiger partial charge is 0.271 e. The van der Waals surface area contributed by atoms with Crippen LogP contribution in [-0.2, 0) is 4.79 Å². The first kappa shape index (κ1) is 28.4. The van der Waals surface area contributed by atoms with E-state index in [-0.39, 0.29) is 35.7 Å². The number of nitrogens with zero attached hydrogens (tertiary/aromatic N) is 7. The van der Waals surface area contributed by atoms with Gasteiger partial charge in [0.2, 0.25) is 5.91 Å². The monoisotopic (exact) mass is 612 g/mol. The summed E-state index contributed by atoms with van der Waals surface area (Å²) >= 11 is 7.18. The van der Waals surface area contributed by atoms with E-state index in [4.69, 9.17) is 16.3 Å². The predicted molar refractivity (Wildman–Crippen MR) is 169 cm³/mol. The molecule has 2 saturated heterocycles. The van der Waals surface area contributed by atoms with Crippen LogP contribution < -0.4 is 15.2 Å². The first-order valence-corrected chi connectivity index (χ1v) is 15.4. The van der Waals surface area contributed by atoms with E-state index in [2.05, 4.69) is 37.9 Å². The van der Waals surface area contributed by atoms with Crippen molar-refractivity contribution >= 4 is 45.1 Å². The Bertz CT molecular complexity index is 1940. The number of halogens is 1. The number of nitriles is 1. The highest BCUT2D eigenvalue weighted by molar-refractivity contribution is 6.35. The van der Waals surface area contributed by atoms with Crippen molar-refractivity contribution in [3.05, 3.63) is 57.4 Å². The van der Waals surface area contributed by atoms with Crippen molar-refractivity contribution in [2.75, 3.05) is 50.8 Å². The van der Waals surface area contributed by atoms with Gasteiger partial charge in [0, 0.05) is 48.7 Å². The quantitative estimate of drug-likeness (QED) is 0.335. The average Bonchev–Trinajstić information content (AvgIpc) is 3.72. The lowest BCUT2D eigenvalue weighted by molar-refractivity contribution is -0.126. The third-order valence-electron chi connectivity index (χ3n) is 9.29. The molecule has 226 valence electrons. The van der Waals surface area contributed by atoms with E-state index < -0.39 is 0 Å². The number of aromatic amines is 1. The van der Waals surface area contributed by atoms with Crippen molar-refractivity contribution < 1.29 is 9.53 Å². The second kappa shape index (κ2) is 10.9. The van der Waals surface area contributed by atoms with E-state index in [0.717, 1.165) is 37.1 Å². The number of anilines is 1. The molecule has 7 rings (SSSR count). The average molecular weight is 613 g/mol. The van der Waals surface area contributed by atoms with Crippen LogP contribution in [0.3, 0.4) is 0 Å². The molecule has 44 heavy (non-hydrogen) atoms. The SMILES string of the molecule is C=CC(=O)N1CCN(c2c(C#N)c(=O)n3c4c(c(-c5c(C)ccc6n[nH]nc56)c(Cl)cc24)OCC3CN2CCCC2)[C@@H](C)C1. The normalized spacial score (nSPS) is 20.2. The number of fused-ring (bicyclic) bond motifs is 1. The predicted octanol–water partition coefficient (Wildman–Crippen LogP) is 4.03. The maximum Gasteiger partial charge on any atom is 0.271 e. The minimum absolute atomic E-state index is 0.0747. The van der Waals surface area contributed by atoms with Crippen molar-refractivity contribution in [1.82, 2.24) is 29.8 Å². The van der Waals surface area contributed by atoms with Gasteiger partial charge in [0.1, 0.15) is 29.3 Å². The molecule has 2 aromatic carbocycles. The third kappa shape index (κ3) is 4.35. The molecular weight excluding hydrogens is 580 g/mol.